The van der Waals surface area contributed by atoms with E-state index in [1.165, 1.54) is 6.92 Å². The first-order valence-electron chi connectivity index (χ1n) is 8.25. The summed E-state index contributed by atoms with van der Waals surface area (Å²) in [6.45, 7) is 7.71. The molecule has 0 aliphatic rings. The molecular formula is C16H31F2N3O3. The Morgan fingerprint density at radius 2 is 1.67 bits per heavy atom. The lowest BCUT2D eigenvalue weighted by Gasteiger charge is -2.28. The molecule has 0 fully saturated rings. The zero-order chi connectivity index (χ0) is 19.1. The highest BCUT2D eigenvalue weighted by Crippen LogP contribution is 2.22. The molecule has 3 atom stereocenters. The van der Waals surface area contributed by atoms with Gasteiger partial charge in [0.1, 0.15) is 12.1 Å². The summed E-state index contributed by atoms with van der Waals surface area (Å²) in [7, 11) is 0. The Hall–Kier alpha value is -1.28. The quantitative estimate of drug-likeness (QED) is 0.472. The van der Waals surface area contributed by atoms with Gasteiger partial charge in [0, 0.05) is 12.5 Å². The molecular weight excluding hydrogens is 320 g/mol. The summed E-state index contributed by atoms with van der Waals surface area (Å²) in [6, 6.07) is -2.02. The van der Waals surface area contributed by atoms with Crippen LogP contribution in [0.15, 0.2) is 0 Å². The van der Waals surface area contributed by atoms with Crippen molar-refractivity contribution in [2.24, 2.45) is 17.6 Å². The standard InChI is InChI=1S/C16H31F2N3O3/c1-9(2)6-12(19)14(23)16(17,18)8-20-15(24)11(5)21-13(22)7-10(3)4/h9-12,14,23H,6-8,19H2,1-5H3,(H,20,24)(H,21,22). The summed E-state index contributed by atoms with van der Waals surface area (Å²) in [5.74, 6) is -4.42. The van der Waals surface area contributed by atoms with Gasteiger partial charge < -0.3 is 21.5 Å². The minimum Gasteiger partial charge on any atom is -0.385 e. The van der Waals surface area contributed by atoms with E-state index in [4.69, 9.17) is 5.73 Å². The van der Waals surface area contributed by atoms with Crippen molar-refractivity contribution in [2.45, 2.75) is 71.6 Å². The smallest absolute Gasteiger partial charge is 0.291 e. The van der Waals surface area contributed by atoms with Gasteiger partial charge in [-0.1, -0.05) is 27.7 Å². The average molecular weight is 351 g/mol. The molecule has 0 radical (unpaired) electrons. The first-order chi connectivity index (χ1) is 10.9. The van der Waals surface area contributed by atoms with Crippen LogP contribution in [0.5, 0.6) is 0 Å². The molecule has 0 saturated heterocycles. The monoisotopic (exact) mass is 351 g/mol. The van der Waals surface area contributed by atoms with E-state index < -0.39 is 36.6 Å². The maximum Gasteiger partial charge on any atom is 0.291 e. The van der Waals surface area contributed by atoms with Gasteiger partial charge in [-0.25, -0.2) is 8.78 Å². The minimum atomic E-state index is -3.55. The molecule has 142 valence electrons. The lowest BCUT2D eigenvalue weighted by atomic mass is 9.96. The Kier molecular flexibility index (Phi) is 9.35. The number of amides is 2. The summed E-state index contributed by atoms with van der Waals surface area (Å²) in [5.41, 5.74) is 5.58. The largest absolute Gasteiger partial charge is 0.385 e. The van der Waals surface area contributed by atoms with E-state index in [-0.39, 0.29) is 30.6 Å². The predicted octanol–water partition coefficient (Wildman–Crippen LogP) is 1.02. The van der Waals surface area contributed by atoms with Gasteiger partial charge in [-0.3, -0.25) is 9.59 Å². The van der Waals surface area contributed by atoms with Gasteiger partial charge >= 0.3 is 0 Å². The van der Waals surface area contributed by atoms with Crippen LogP contribution in [0.4, 0.5) is 8.78 Å². The average Bonchev–Trinajstić information content (AvgIpc) is 2.41. The van der Waals surface area contributed by atoms with E-state index in [0.29, 0.717) is 0 Å². The highest BCUT2D eigenvalue weighted by molar-refractivity contribution is 5.87. The van der Waals surface area contributed by atoms with Crippen LogP contribution in [0.1, 0.15) is 47.5 Å². The Balaban J connectivity index is 4.47. The van der Waals surface area contributed by atoms with Gasteiger partial charge in [-0.15, -0.1) is 0 Å². The molecule has 0 heterocycles. The maximum atomic E-state index is 13.9. The molecule has 2 amide bonds. The normalized spacial score (nSPS) is 16.0. The predicted molar refractivity (Wildman–Crippen MR) is 88.5 cm³/mol. The van der Waals surface area contributed by atoms with E-state index in [9.17, 15) is 23.5 Å². The number of carbonyl (C=O) groups is 2. The molecule has 0 spiro atoms. The highest BCUT2D eigenvalue weighted by atomic mass is 19.3. The summed E-state index contributed by atoms with van der Waals surface area (Å²) < 4.78 is 27.9. The van der Waals surface area contributed by atoms with Gasteiger partial charge in [0.15, 0.2) is 0 Å². The molecule has 0 bridgehead atoms. The summed E-state index contributed by atoms with van der Waals surface area (Å²) in [6.07, 6.45) is -1.56. The Labute approximate surface area is 142 Å². The fraction of sp³-hybridized carbons (Fsp3) is 0.875. The second-order valence-corrected chi connectivity index (χ2v) is 7.10. The van der Waals surface area contributed by atoms with Crippen LogP contribution < -0.4 is 16.4 Å². The van der Waals surface area contributed by atoms with E-state index in [1.807, 2.05) is 27.7 Å². The first kappa shape index (κ1) is 22.7. The van der Waals surface area contributed by atoms with Crippen LogP contribution in [0, 0.1) is 11.8 Å². The van der Waals surface area contributed by atoms with Gasteiger partial charge in [0.2, 0.25) is 11.8 Å². The van der Waals surface area contributed by atoms with Crippen molar-refractivity contribution in [2.75, 3.05) is 6.54 Å². The molecule has 0 aliphatic carbocycles. The number of aliphatic hydroxyl groups is 1. The van der Waals surface area contributed by atoms with Crippen LogP contribution in [-0.2, 0) is 9.59 Å². The number of alkyl halides is 2. The molecule has 3 unspecified atom stereocenters. The number of rotatable bonds is 10. The lowest BCUT2D eigenvalue weighted by Crippen LogP contribution is -2.55. The third-order valence-electron chi connectivity index (χ3n) is 3.44. The summed E-state index contributed by atoms with van der Waals surface area (Å²) >= 11 is 0. The zero-order valence-corrected chi connectivity index (χ0v) is 15.1. The second-order valence-electron chi connectivity index (χ2n) is 7.10. The zero-order valence-electron chi connectivity index (χ0n) is 15.1. The Morgan fingerprint density at radius 3 is 2.12 bits per heavy atom. The maximum absolute atomic E-state index is 13.9. The lowest BCUT2D eigenvalue weighted by molar-refractivity contribution is -0.135. The van der Waals surface area contributed by atoms with E-state index in [2.05, 4.69) is 10.6 Å². The van der Waals surface area contributed by atoms with E-state index >= 15 is 0 Å². The number of nitrogens with two attached hydrogens (primary N) is 1. The molecule has 24 heavy (non-hydrogen) atoms. The first-order valence-corrected chi connectivity index (χ1v) is 8.25. The van der Waals surface area contributed by atoms with Crippen molar-refractivity contribution >= 4 is 11.8 Å². The molecule has 0 aromatic rings. The minimum absolute atomic E-state index is 0.0660. The third-order valence-corrected chi connectivity index (χ3v) is 3.44. The fourth-order valence-corrected chi connectivity index (χ4v) is 2.19. The van der Waals surface area contributed by atoms with Crippen molar-refractivity contribution in [1.82, 2.24) is 10.6 Å². The molecule has 0 aromatic carbocycles. The highest BCUT2D eigenvalue weighted by Gasteiger charge is 2.42. The van der Waals surface area contributed by atoms with E-state index in [0.717, 1.165) is 0 Å². The third kappa shape index (κ3) is 8.54. The number of nitrogens with one attached hydrogen (secondary N) is 2. The Bertz CT molecular complexity index is 417. The summed E-state index contributed by atoms with van der Waals surface area (Å²) in [5, 5.41) is 14.2. The van der Waals surface area contributed by atoms with Crippen molar-refractivity contribution in [3.63, 3.8) is 0 Å². The second kappa shape index (κ2) is 9.88. The molecule has 0 aliphatic heterocycles. The molecule has 0 aromatic heterocycles. The van der Waals surface area contributed by atoms with Crippen LogP contribution >= 0.6 is 0 Å². The molecule has 8 heteroatoms. The van der Waals surface area contributed by atoms with Crippen molar-refractivity contribution in [3.8, 4) is 0 Å². The molecule has 0 rings (SSSR count). The van der Waals surface area contributed by atoms with Crippen molar-refractivity contribution in [3.05, 3.63) is 0 Å². The van der Waals surface area contributed by atoms with Crippen LogP contribution in [0.2, 0.25) is 0 Å². The number of aliphatic hydroxyl groups excluding tert-OH is 1. The summed E-state index contributed by atoms with van der Waals surface area (Å²) in [4.78, 5) is 23.4. The van der Waals surface area contributed by atoms with Crippen LogP contribution in [0.3, 0.4) is 0 Å². The van der Waals surface area contributed by atoms with Gasteiger partial charge in [-0.2, -0.15) is 0 Å². The topological polar surface area (TPSA) is 104 Å². The number of hydrogen-bond donors (Lipinski definition) is 4. The number of carbonyl (C=O) groups excluding carboxylic acids is 2. The fourth-order valence-electron chi connectivity index (χ4n) is 2.19. The number of halogens is 2. The van der Waals surface area contributed by atoms with Crippen molar-refractivity contribution < 1.29 is 23.5 Å². The SMILES string of the molecule is CC(C)CC(=O)NC(C)C(=O)NCC(F)(F)C(O)C(N)CC(C)C. The van der Waals surface area contributed by atoms with Crippen LogP contribution in [0.25, 0.3) is 0 Å². The molecule has 6 nitrogen and oxygen atoms in total. The van der Waals surface area contributed by atoms with Crippen molar-refractivity contribution in [1.29, 1.82) is 0 Å². The van der Waals surface area contributed by atoms with Gasteiger partial charge in [0.05, 0.1) is 6.54 Å². The number of hydrogen-bond acceptors (Lipinski definition) is 4. The van der Waals surface area contributed by atoms with Gasteiger partial charge in [-0.05, 0) is 25.2 Å². The molecule has 5 N–H and O–H groups in total. The van der Waals surface area contributed by atoms with Gasteiger partial charge in [0.25, 0.3) is 5.92 Å². The van der Waals surface area contributed by atoms with E-state index in [1.54, 1.807) is 0 Å². The Morgan fingerprint density at radius 1 is 1.12 bits per heavy atom. The molecule has 0 saturated carbocycles. The van der Waals surface area contributed by atoms with Crippen LogP contribution in [-0.4, -0.2) is 47.6 Å².